The lowest BCUT2D eigenvalue weighted by Gasteiger charge is -2.26. The highest BCUT2D eigenvalue weighted by Crippen LogP contribution is 2.32. The average Bonchev–Trinajstić information content (AvgIpc) is 2.73. The van der Waals surface area contributed by atoms with E-state index in [1.165, 1.54) is 23.9 Å². The van der Waals surface area contributed by atoms with Crippen molar-refractivity contribution in [1.29, 1.82) is 0 Å². The molecule has 1 aliphatic carbocycles. The monoisotopic (exact) mass is 261 g/mol. The van der Waals surface area contributed by atoms with Crippen LogP contribution < -0.4 is 16.4 Å². The molecule has 0 unspecified atom stereocenters. The van der Waals surface area contributed by atoms with Crippen molar-refractivity contribution < 1.29 is 0 Å². The minimum absolute atomic E-state index is 0.555. The van der Waals surface area contributed by atoms with Gasteiger partial charge in [0.05, 0.1) is 13.7 Å². The molecule has 0 saturated carbocycles. The number of hydrogen-bond acceptors (Lipinski definition) is 0. The van der Waals surface area contributed by atoms with Gasteiger partial charge in [0.25, 0.3) is 0 Å². The Labute approximate surface area is 135 Å². The number of benzene rings is 1. The summed E-state index contributed by atoms with van der Waals surface area (Å²) in [5.41, 5.74) is 9.42. The quantitative estimate of drug-likeness (QED) is 0.653. The van der Waals surface area contributed by atoms with Gasteiger partial charge in [0, 0.05) is 23.2 Å². The van der Waals surface area contributed by atoms with Crippen molar-refractivity contribution in [2.24, 2.45) is 0 Å². The van der Waals surface area contributed by atoms with Crippen LogP contribution in [0.25, 0.3) is 5.57 Å². The van der Waals surface area contributed by atoms with Crippen molar-refractivity contribution in [2.75, 3.05) is 0 Å². The summed E-state index contributed by atoms with van der Waals surface area (Å²) in [6, 6.07) is 0. The molecule has 0 atom stereocenters. The third-order valence-electron chi connectivity index (χ3n) is 4.49. The average molecular weight is 260 g/mol. The molecule has 1 aromatic carbocycles. The summed E-state index contributed by atoms with van der Waals surface area (Å²) in [5.74, 6) is 0. The highest BCUT2D eigenvalue weighted by atomic mass is 14.2. The maximum absolute atomic E-state index is 6.27. The second-order valence-corrected chi connectivity index (χ2v) is 5.87. The van der Waals surface area contributed by atoms with Crippen LogP contribution in [0, 0.1) is 13.8 Å². The van der Waals surface area contributed by atoms with E-state index in [9.17, 15) is 0 Å². The Bertz CT molecular complexity index is 655. The van der Waals surface area contributed by atoms with Gasteiger partial charge < -0.3 is 0 Å². The number of rotatable bonds is 3. The summed E-state index contributed by atoms with van der Waals surface area (Å²) in [7, 11) is 25.6. The lowest BCUT2D eigenvalue weighted by atomic mass is 9.15. The van der Waals surface area contributed by atoms with E-state index in [1.54, 1.807) is 0 Å². The van der Waals surface area contributed by atoms with E-state index >= 15 is 0 Å². The van der Waals surface area contributed by atoms with E-state index in [0.717, 1.165) is 34.0 Å². The fourth-order valence-electron chi connectivity index (χ4n) is 3.14. The molecule has 0 fully saturated rings. The Morgan fingerprint density at radius 2 is 1.71 bits per heavy atom. The van der Waals surface area contributed by atoms with Gasteiger partial charge in [0.15, 0.2) is 0 Å². The van der Waals surface area contributed by atoms with Crippen molar-refractivity contribution in [3.8, 4) is 0 Å². The largest absolute Gasteiger partial charge is 0.113 e. The molecule has 0 heterocycles. The van der Waals surface area contributed by atoms with Crippen molar-refractivity contribution in [3.63, 3.8) is 0 Å². The molecule has 0 aromatic heterocycles. The summed E-state index contributed by atoms with van der Waals surface area (Å²) in [4.78, 5) is 0. The van der Waals surface area contributed by atoms with Crippen LogP contribution in [-0.2, 0) is 0 Å². The predicted molar refractivity (Wildman–Crippen MR) is 100 cm³/mol. The van der Waals surface area contributed by atoms with Crippen LogP contribution in [0.15, 0.2) is 17.2 Å². The normalized spacial score (nSPS) is 14.4. The molecule has 2 rings (SSSR count). The van der Waals surface area contributed by atoms with Gasteiger partial charge in [0.2, 0.25) is 0 Å². The number of allylic oxidation sites excluding steroid dienone is 4. The van der Waals surface area contributed by atoms with E-state index in [1.807, 2.05) is 13.8 Å². The van der Waals surface area contributed by atoms with Crippen LogP contribution >= 0.6 is 0 Å². The Hall–Kier alpha value is -0.910. The van der Waals surface area contributed by atoms with Gasteiger partial charge in [-0.05, 0) is 45.3 Å². The molecule has 1 aromatic rings. The number of hydrogen-bond donors (Lipinski definition) is 0. The van der Waals surface area contributed by atoms with Gasteiger partial charge in [-0.3, -0.25) is 0 Å². The SMILES string of the molecule is [B][B]c1c([B])c(C)c(C2=CC(C)=C(C)C2)c(B([B])[B])c1C. The maximum Gasteiger partial charge on any atom is 0.113 e. The molecular weight excluding hydrogens is 245 g/mol. The van der Waals surface area contributed by atoms with Gasteiger partial charge >= 0.3 is 0 Å². The Kier molecular flexibility index (Phi) is 4.75. The van der Waals surface area contributed by atoms with Gasteiger partial charge in [-0.15, -0.1) is 5.46 Å². The van der Waals surface area contributed by atoms with Crippen molar-refractivity contribution in [3.05, 3.63) is 33.9 Å². The molecule has 93 valence electrons. The van der Waals surface area contributed by atoms with Crippen molar-refractivity contribution >= 4 is 66.7 Å². The smallest absolute Gasteiger partial charge is 0.102 e. The molecule has 6 heteroatoms. The molecule has 0 bridgehead atoms. The van der Waals surface area contributed by atoms with Crippen molar-refractivity contribution in [1.82, 2.24) is 0 Å². The topological polar surface area (TPSA) is 0 Å². The Morgan fingerprint density at radius 1 is 1.10 bits per heavy atom. The van der Waals surface area contributed by atoms with E-state index in [-0.39, 0.29) is 0 Å². The Balaban J connectivity index is 2.75. The summed E-state index contributed by atoms with van der Waals surface area (Å²) in [5, 5.41) is 0. The predicted octanol–water partition coefficient (Wildman–Crippen LogP) is -0.334. The first-order valence-electron chi connectivity index (χ1n) is 7.15. The molecule has 0 nitrogen and oxygen atoms in total. The molecule has 0 amide bonds. The summed E-state index contributed by atoms with van der Waals surface area (Å²) in [6.45, 7) is 7.70. The Morgan fingerprint density at radius 3 is 2.14 bits per heavy atom. The van der Waals surface area contributed by atoms with Crippen molar-refractivity contribution in [2.45, 2.75) is 34.1 Å². The first-order chi connectivity index (χ1) is 9.79. The summed E-state index contributed by atoms with van der Waals surface area (Å²) in [6.07, 6.45) is 3.12. The van der Waals surface area contributed by atoms with Crippen LogP contribution in [-0.4, -0.2) is 44.7 Å². The first-order valence-corrected chi connectivity index (χ1v) is 7.15. The van der Waals surface area contributed by atoms with E-state index in [0.29, 0.717) is 5.46 Å². The van der Waals surface area contributed by atoms with Crippen LogP contribution in [0.4, 0.5) is 0 Å². The second kappa shape index (κ2) is 6.07. The molecule has 9 radical (unpaired) electrons. The maximum atomic E-state index is 6.27. The summed E-state index contributed by atoms with van der Waals surface area (Å²) >= 11 is 0. The fraction of sp³-hybridized carbons (Fsp3) is 0.333. The zero-order chi connectivity index (χ0) is 15.9. The van der Waals surface area contributed by atoms with Crippen LogP contribution in [0.1, 0.15) is 37.0 Å². The zero-order valence-electron chi connectivity index (χ0n) is 13.2. The lowest BCUT2D eigenvalue weighted by Crippen LogP contribution is -2.48. The third kappa shape index (κ3) is 2.74. The minimum atomic E-state index is -0.555. The van der Waals surface area contributed by atoms with Crippen LogP contribution in [0.2, 0.25) is 0 Å². The molecule has 0 N–H and O–H groups in total. The fourth-order valence-corrected chi connectivity index (χ4v) is 3.14. The van der Waals surface area contributed by atoms with Crippen LogP contribution in [0.3, 0.4) is 0 Å². The standard InChI is InChI=1S/C15H15B6/c1-7-5-11(6-8(7)2)12-9(3)13(16)14(20-17)10(4)15(12)21(18)19/h5H,6H2,1-4H3. The highest BCUT2D eigenvalue weighted by Gasteiger charge is 2.22. The van der Waals surface area contributed by atoms with Crippen LogP contribution in [0.5, 0.6) is 0 Å². The molecule has 1 aliphatic rings. The van der Waals surface area contributed by atoms with E-state index in [2.05, 4.69) is 19.9 Å². The van der Waals surface area contributed by atoms with E-state index < -0.39 is 6.49 Å². The molecule has 21 heavy (non-hydrogen) atoms. The van der Waals surface area contributed by atoms with Gasteiger partial charge in [-0.1, -0.05) is 39.3 Å². The molecule has 0 saturated heterocycles. The molecule has 0 spiro atoms. The lowest BCUT2D eigenvalue weighted by molar-refractivity contribution is 1.22. The van der Waals surface area contributed by atoms with Gasteiger partial charge in [-0.25, -0.2) is 0 Å². The molecule has 0 aliphatic heterocycles. The van der Waals surface area contributed by atoms with Gasteiger partial charge in [-0.2, -0.15) is 0 Å². The van der Waals surface area contributed by atoms with E-state index in [4.69, 9.17) is 31.1 Å². The zero-order valence-corrected chi connectivity index (χ0v) is 13.2. The van der Waals surface area contributed by atoms with Gasteiger partial charge in [0.1, 0.15) is 7.85 Å². The third-order valence-corrected chi connectivity index (χ3v) is 4.49. The minimum Gasteiger partial charge on any atom is -0.102 e. The highest BCUT2D eigenvalue weighted by molar-refractivity contribution is 7.35. The molecular formula is C15H15B6. The second-order valence-electron chi connectivity index (χ2n) is 5.87. The summed E-state index contributed by atoms with van der Waals surface area (Å²) < 4.78 is 0. The first kappa shape index (κ1) is 16.5.